The summed E-state index contributed by atoms with van der Waals surface area (Å²) in [5.41, 5.74) is 2.63. The SMILES string of the molecule is COC(C)(C)CCNCc1cccc(C)c1. The normalized spacial score (nSPS) is 11.8. The number of hydrogen-bond donors (Lipinski definition) is 1. The molecule has 0 saturated carbocycles. The molecule has 0 aliphatic rings. The summed E-state index contributed by atoms with van der Waals surface area (Å²) < 4.78 is 5.37. The summed E-state index contributed by atoms with van der Waals surface area (Å²) >= 11 is 0. The Hall–Kier alpha value is -0.860. The Morgan fingerprint density at radius 3 is 2.69 bits per heavy atom. The van der Waals surface area contributed by atoms with Gasteiger partial charge in [-0.15, -0.1) is 0 Å². The number of ether oxygens (including phenoxy) is 1. The molecule has 16 heavy (non-hydrogen) atoms. The predicted molar refractivity (Wildman–Crippen MR) is 68.6 cm³/mol. The molecule has 0 aromatic heterocycles. The van der Waals surface area contributed by atoms with Crippen LogP contribution in [-0.4, -0.2) is 19.3 Å². The molecule has 0 amide bonds. The minimum atomic E-state index is -0.0282. The van der Waals surface area contributed by atoms with Gasteiger partial charge >= 0.3 is 0 Å². The van der Waals surface area contributed by atoms with Gasteiger partial charge in [-0.05, 0) is 39.3 Å². The van der Waals surface area contributed by atoms with Crippen LogP contribution in [0.1, 0.15) is 31.4 Å². The van der Waals surface area contributed by atoms with E-state index in [-0.39, 0.29) is 5.60 Å². The monoisotopic (exact) mass is 221 g/mol. The molecule has 2 nitrogen and oxygen atoms in total. The van der Waals surface area contributed by atoms with Crippen LogP contribution in [0.5, 0.6) is 0 Å². The van der Waals surface area contributed by atoms with Crippen LogP contribution in [0.15, 0.2) is 24.3 Å². The van der Waals surface area contributed by atoms with Crippen LogP contribution in [-0.2, 0) is 11.3 Å². The second-order valence-corrected chi connectivity index (χ2v) is 4.88. The zero-order chi connectivity index (χ0) is 12.0. The Kier molecular flexibility index (Phi) is 4.97. The van der Waals surface area contributed by atoms with Crippen LogP contribution in [0.25, 0.3) is 0 Å². The lowest BCUT2D eigenvalue weighted by atomic mass is 10.1. The molecule has 0 spiro atoms. The summed E-state index contributed by atoms with van der Waals surface area (Å²) in [6.07, 6.45) is 1.02. The summed E-state index contributed by atoms with van der Waals surface area (Å²) in [7, 11) is 1.76. The van der Waals surface area contributed by atoms with Gasteiger partial charge < -0.3 is 10.1 Å². The number of aryl methyl sites for hydroxylation is 1. The molecular weight excluding hydrogens is 198 g/mol. The molecule has 2 heteroatoms. The van der Waals surface area contributed by atoms with Gasteiger partial charge in [-0.1, -0.05) is 29.8 Å². The molecule has 0 bridgehead atoms. The van der Waals surface area contributed by atoms with Crippen molar-refractivity contribution < 1.29 is 4.74 Å². The lowest BCUT2D eigenvalue weighted by Crippen LogP contribution is -2.28. The zero-order valence-electron chi connectivity index (χ0n) is 10.8. The van der Waals surface area contributed by atoms with E-state index >= 15 is 0 Å². The van der Waals surface area contributed by atoms with E-state index in [2.05, 4.69) is 50.4 Å². The van der Waals surface area contributed by atoms with Gasteiger partial charge in [0.2, 0.25) is 0 Å². The first-order valence-corrected chi connectivity index (χ1v) is 5.85. The van der Waals surface area contributed by atoms with E-state index in [1.807, 2.05) is 0 Å². The quantitative estimate of drug-likeness (QED) is 0.746. The van der Waals surface area contributed by atoms with Gasteiger partial charge in [-0.25, -0.2) is 0 Å². The minimum Gasteiger partial charge on any atom is -0.379 e. The van der Waals surface area contributed by atoms with Gasteiger partial charge in [0, 0.05) is 13.7 Å². The largest absolute Gasteiger partial charge is 0.379 e. The van der Waals surface area contributed by atoms with E-state index in [0.717, 1.165) is 19.5 Å². The first-order chi connectivity index (χ1) is 7.53. The smallest absolute Gasteiger partial charge is 0.0634 e. The molecule has 0 heterocycles. The van der Waals surface area contributed by atoms with Gasteiger partial charge in [0.25, 0.3) is 0 Å². The molecule has 90 valence electrons. The third-order valence-electron chi connectivity index (χ3n) is 2.87. The molecule has 1 rings (SSSR count). The maximum atomic E-state index is 5.37. The van der Waals surface area contributed by atoms with E-state index in [4.69, 9.17) is 4.74 Å². The van der Waals surface area contributed by atoms with E-state index in [1.54, 1.807) is 7.11 Å². The maximum Gasteiger partial charge on any atom is 0.0634 e. The van der Waals surface area contributed by atoms with Crippen LogP contribution in [0.3, 0.4) is 0 Å². The highest BCUT2D eigenvalue weighted by Crippen LogP contribution is 2.11. The minimum absolute atomic E-state index is 0.0282. The fourth-order valence-electron chi connectivity index (χ4n) is 1.55. The Morgan fingerprint density at radius 1 is 1.31 bits per heavy atom. The number of hydrogen-bond acceptors (Lipinski definition) is 2. The molecular formula is C14H23NO. The highest BCUT2D eigenvalue weighted by atomic mass is 16.5. The molecule has 1 aromatic carbocycles. The summed E-state index contributed by atoms with van der Waals surface area (Å²) in [5, 5.41) is 3.44. The zero-order valence-corrected chi connectivity index (χ0v) is 10.8. The Bertz CT molecular complexity index is 320. The summed E-state index contributed by atoms with van der Waals surface area (Å²) in [4.78, 5) is 0. The van der Waals surface area contributed by atoms with E-state index in [1.165, 1.54) is 11.1 Å². The van der Waals surface area contributed by atoms with Gasteiger partial charge in [-0.3, -0.25) is 0 Å². The highest BCUT2D eigenvalue weighted by Gasteiger charge is 2.14. The molecule has 0 radical (unpaired) electrons. The highest BCUT2D eigenvalue weighted by molar-refractivity contribution is 5.21. The Morgan fingerprint density at radius 2 is 2.06 bits per heavy atom. The maximum absolute atomic E-state index is 5.37. The molecule has 0 saturated heterocycles. The van der Waals surface area contributed by atoms with Crippen molar-refractivity contribution in [2.24, 2.45) is 0 Å². The van der Waals surface area contributed by atoms with Crippen LogP contribution in [0, 0.1) is 6.92 Å². The molecule has 0 fully saturated rings. The number of methoxy groups -OCH3 is 1. The van der Waals surface area contributed by atoms with E-state index in [9.17, 15) is 0 Å². The van der Waals surface area contributed by atoms with Crippen LogP contribution in [0.2, 0.25) is 0 Å². The molecule has 1 N–H and O–H groups in total. The second-order valence-electron chi connectivity index (χ2n) is 4.88. The Balaban J connectivity index is 2.26. The van der Waals surface area contributed by atoms with Crippen molar-refractivity contribution in [1.82, 2.24) is 5.32 Å². The number of rotatable bonds is 6. The van der Waals surface area contributed by atoms with Crippen molar-refractivity contribution in [1.29, 1.82) is 0 Å². The fraction of sp³-hybridized carbons (Fsp3) is 0.571. The third-order valence-corrected chi connectivity index (χ3v) is 2.87. The van der Waals surface area contributed by atoms with E-state index in [0.29, 0.717) is 0 Å². The first kappa shape index (κ1) is 13.2. The molecule has 0 atom stereocenters. The molecule has 0 aliphatic carbocycles. The summed E-state index contributed by atoms with van der Waals surface area (Å²) in [6.45, 7) is 8.26. The lowest BCUT2D eigenvalue weighted by Gasteiger charge is -2.22. The average molecular weight is 221 g/mol. The van der Waals surface area contributed by atoms with Crippen molar-refractivity contribution in [2.45, 2.75) is 39.3 Å². The standard InChI is InChI=1S/C14H23NO/c1-12-6-5-7-13(10-12)11-15-9-8-14(2,3)16-4/h5-7,10,15H,8-9,11H2,1-4H3. The van der Waals surface area contributed by atoms with Gasteiger partial charge in [-0.2, -0.15) is 0 Å². The summed E-state index contributed by atoms with van der Waals surface area (Å²) in [6, 6.07) is 8.60. The van der Waals surface area contributed by atoms with Crippen LogP contribution < -0.4 is 5.32 Å². The van der Waals surface area contributed by atoms with Gasteiger partial charge in [0.05, 0.1) is 5.60 Å². The predicted octanol–water partition coefficient (Wildman–Crippen LogP) is 2.90. The van der Waals surface area contributed by atoms with Crippen molar-refractivity contribution in [3.63, 3.8) is 0 Å². The van der Waals surface area contributed by atoms with Crippen molar-refractivity contribution in [3.8, 4) is 0 Å². The van der Waals surface area contributed by atoms with Crippen LogP contribution >= 0.6 is 0 Å². The van der Waals surface area contributed by atoms with Crippen LogP contribution in [0.4, 0.5) is 0 Å². The van der Waals surface area contributed by atoms with Gasteiger partial charge in [0.15, 0.2) is 0 Å². The Labute approximate surface area is 99.0 Å². The second kappa shape index (κ2) is 6.02. The van der Waals surface area contributed by atoms with Crippen molar-refractivity contribution >= 4 is 0 Å². The van der Waals surface area contributed by atoms with Crippen molar-refractivity contribution in [2.75, 3.05) is 13.7 Å². The average Bonchev–Trinajstić information content (AvgIpc) is 2.25. The molecule has 1 aromatic rings. The lowest BCUT2D eigenvalue weighted by molar-refractivity contribution is 0.0158. The third kappa shape index (κ3) is 4.77. The van der Waals surface area contributed by atoms with Gasteiger partial charge in [0.1, 0.15) is 0 Å². The number of nitrogens with one attached hydrogen (secondary N) is 1. The summed E-state index contributed by atoms with van der Waals surface area (Å²) in [5.74, 6) is 0. The molecule has 0 aliphatic heterocycles. The first-order valence-electron chi connectivity index (χ1n) is 5.85. The molecule has 0 unspecified atom stereocenters. The van der Waals surface area contributed by atoms with Crippen molar-refractivity contribution in [3.05, 3.63) is 35.4 Å². The fourth-order valence-corrected chi connectivity index (χ4v) is 1.55. The van der Waals surface area contributed by atoms with E-state index < -0.39 is 0 Å². The topological polar surface area (TPSA) is 21.3 Å². The number of benzene rings is 1.